The van der Waals surface area contributed by atoms with Gasteiger partial charge in [0.2, 0.25) is 0 Å². The van der Waals surface area contributed by atoms with E-state index in [9.17, 15) is 14.4 Å². The van der Waals surface area contributed by atoms with Gasteiger partial charge in [-0.15, -0.1) is 0 Å². The molecule has 0 aliphatic heterocycles. The van der Waals surface area contributed by atoms with E-state index in [-0.39, 0.29) is 30.4 Å². The number of halogens is 2. The fourth-order valence-corrected chi connectivity index (χ4v) is 4.13. The van der Waals surface area contributed by atoms with Gasteiger partial charge in [0.1, 0.15) is 5.75 Å². The number of benzene rings is 3. The van der Waals surface area contributed by atoms with Gasteiger partial charge in [-0.1, -0.05) is 29.3 Å². The van der Waals surface area contributed by atoms with Gasteiger partial charge in [-0.05, 0) is 61.2 Å². The van der Waals surface area contributed by atoms with Crippen molar-refractivity contribution in [1.82, 2.24) is 0 Å². The number of carbonyl (C=O) groups excluding carboxylic acids is 3. The summed E-state index contributed by atoms with van der Waals surface area (Å²) in [6, 6.07) is 11.3. The molecule has 34 heavy (non-hydrogen) atoms. The number of hydrogen-bond donors (Lipinski definition) is 0. The normalized spacial score (nSPS) is 10.6. The maximum Gasteiger partial charge on any atom is 0.338 e. The summed E-state index contributed by atoms with van der Waals surface area (Å²) in [6.07, 6.45) is 0. The molecule has 0 aliphatic rings. The molecule has 3 aromatic carbocycles. The zero-order chi connectivity index (χ0) is 25.0. The molecular formula is C25H23Cl2NO6. The number of carbonyl (C=O) groups is 3. The highest BCUT2D eigenvalue weighted by Gasteiger charge is 2.20. The molecule has 0 saturated heterocycles. The van der Waals surface area contributed by atoms with Crippen LogP contribution in [0.15, 0.2) is 42.5 Å². The van der Waals surface area contributed by atoms with Crippen molar-refractivity contribution < 1.29 is 28.6 Å². The van der Waals surface area contributed by atoms with Gasteiger partial charge in [0.15, 0.2) is 6.61 Å². The molecule has 178 valence electrons. The monoisotopic (exact) mass is 503 g/mol. The standard InChI is InChI=1S/C25H23Cl2NO6/c1-5-33-25(31)18-7-6-8-20(14(18)2)28(3)22(29)13-34-21-11-16(24(30)32-4)9-15-10-17(26)12-19(27)23(15)21/h6-12H,5,13H2,1-4H3. The molecule has 0 heterocycles. The Labute approximate surface area is 207 Å². The Balaban J connectivity index is 1.90. The third-order valence-electron chi connectivity index (χ3n) is 5.24. The lowest BCUT2D eigenvalue weighted by atomic mass is 10.1. The molecule has 0 aliphatic carbocycles. The Morgan fingerprint density at radius 3 is 2.44 bits per heavy atom. The SMILES string of the molecule is CCOC(=O)c1cccc(N(C)C(=O)COc2cc(C(=O)OC)cc3cc(Cl)cc(Cl)c23)c1C. The Morgan fingerprint density at radius 2 is 1.76 bits per heavy atom. The van der Waals surface area contributed by atoms with Crippen LogP contribution in [0, 0.1) is 6.92 Å². The lowest BCUT2D eigenvalue weighted by Gasteiger charge is -2.21. The van der Waals surface area contributed by atoms with Crippen LogP contribution in [0.1, 0.15) is 33.2 Å². The lowest BCUT2D eigenvalue weighted by molar-refractivity contribution is -0.120. The largest absolute Gasteiger partial charge is 0.483 e. The van der Waals surface area contributed by atoms with Crippen LogP contribution in [-0.4, -0.2) is 45.2 Å². The van der Waals surface area contributed by atoms with E-state index >= 15 is 0 Å². The summed E-state index contributed by atoms with van der Waals surface area (Å²) in [5.74, 6) is -1.18. The fourth-order valence-electron chi connectivity index (χ4n) is 3.53. The Bertz CT molecular complexity index is 1270. The first-order valence-corrected chi connectivity index (χ1v) is 11.1. The average Bonchev–Trinajstić information content (AvgIpc) is 2.80. The molecule has 3 aromatic rings. The molecule has 0 fully saturated rings. The molecule has 0 atom stereocenters. The van der Waals surface area contributed by atoms with Crippen molar-refractivity contribution in [2.75, 3.05) is 32.3 Å². The summed E-state index contributed by atoms with van der Waals surface area (Å²) >= 11 is 12.5. The van der Waals surface area contributed by atoms with E-state index in [0.717, 1.165) is 0 Å². The van der Waals surface area contributed by atoms with Gasteiger partial charge < -0.3 is 19.1 Å². The van der Waals surface area contributed by atoms with E-state index in [4.69, 9.17) is 37.4 Å². The topological polar surface area (TPSA) is 82.1 Å². The zero-order valence-corrected chi connectivity index (χ0v) is 20.6. The summed E-state index contributed by atoms with van der Waals surface area (Å²) in [5.41, 5.74) is 1.74. The average molecular weight is 504 g/mol. The van der Waals surface area contributed by atoms with Crippen LogP contribution in [0.5, 0.6) is 5.75 Å². The molecule has 0 aromatic heterocycles. The second-order valence-electron chi connectivity index (χ2n) is 7.36. The van der Waals surface area contributed by atoms with Gasteiger partial charge in [-0.3, -0.25) is 4.79 Å². The van der Waals surface area contributed by atoms with Crippen molar-refractivity contribution >= 4 is 57.5 Å². The molecule has 0 radical (unpaired) electrons. The lowest BCUT2D eigenvalue weighted by Crippen LogP contribution is -2.32. The highest BCUT2D eigenvalue weighted by molar-refractivity contribution is 6.39. The van der Waals surface area contributed by atoms with Crippen molar-refractivity contribution in [1.29, 1.82) is 0 Å². The number of methoxy groups -OCH3 is 1. The maximum absolute atomic E-state index is 13.0. The molecular weight excluding hydrogens is 481 g/mol. The first-order chi connectivity index (χ1) is 16.2. The van der Waals surface area contributed by atoms with Crippen LogP contribution in [-0.2, 0) is 14.3 Å². The molecule has 0 bridgehead atoms. The summed E-state index contributed by atoms with van der Waals surface area (Å²) in [7, 11) is 2.85. The Morgan fingerprint density at radius 1 is 1.03 bits per heavy atom. The first-order valence-electron chi connectivity index (χ1n) is 10.3. The van der Waals surface area contributed by atoms with Crippen molar-refractivity contribution in [3.63, 3.8) is 0 Å². The minimum absolute atomic E-state index is 0.224. The second-order valence-corrected chi connectivity index (χ2v) is 8.21. The Hall–Kier alpha value is -3.29. The summed E-state index contributed by atoms with van der Waals surface area (Å²) < 4.78 is 15.7. The van der Waals surface area contributed by atoms with E-state index in [1.165, 1.54) is 18.1 Å². The second kappa shape index (κ2) is 10.8. The van der Waals surface area contributed by atoms with Gasteiger partial charge >= 0.3 is 11.9 Å². The fraction of sp³-hybridized carbons (Fsp3) is 0.240. The summed E-state index contributed by atoms with van der Waals surface area (Å²) in [6.45, 7) is 3.36. The van der Waals surface area contributed by atoms with Gasteiger partial charge in [0, 0.05) is 23.1 Å². The van der Waals surface area contributed by atoms with Crippen LogP contribution in [0.2, 0.25) is 10.0 Å². The zero-order valence-electron chi connectivity index (χ0n) is 19.1. The number of rotatable bonds is 7. The highest BCUT2D eigenvalue weighted by atomic mass is 35.5. The van der Waals surface area contributed by atoms with Crippen molar-refractivity contribution in [2.45, 2.75) is 13.8 Å². The van der Waals surface area contributed by atoms with E-state index in [0.29, 0.717) is 37.6 Å². The number of ether oxygens (including phenoxy) is 3. The van der Waals surface area contributed by atoms with Crippen molar-refractivity contribution in [3.05, 3.63) is 69.2 Å². The summed E-state index contributed by atoms with van der Waals surface area (Å²) in [4.78, 5) is 38.7. The van der Waals surface area contributed by atoms with E-state index in [2.05, 4.69) is 0 Å². The minimum Gasteiger partial charge on any atom is -0.483 e. The van der Waals surface area contributed by atoms with Crippen molar-refractivity contribution in [3.8, 4) is 5.75 Å². The van der Waals surface area contributed by atoms with E-state index in [1.54, 1.807) is 57.3 Å². The molecule has 0 saturated carbocycles. The number of likely N-dealkylation sites (N-methyl/N-ethyl adjacent to an activating group) is 1. The molecule has 3 rings (SSSR count). The molecule has 0 spiro atoms. The number of amides is 1. The number of esters is 2. The van der Waals surface area contributed by atoms with Gasteiger partial charge in [-0.2, -0.15) is 0 Å². The maximum atomic E-state index is 13.0. The van der Waals surface area contributed by atoms with Crippen LogP contribution in [0.3, 0.4) is 0 Å². The smallest absolute Gasteiger partial charge is 0.338 e. The van der Waals surface area contributed by atoms with Crippen molar-refractivity contribution in [2.24, 2.45) is 0 Å². The third-order valence-corrected chi connectivity index (χ3v) is 5.75. The van der Waals surface area contributed by atoms with Crippen LogP contribution in [0.25, 0.3) is 10.8 Å². The Kier molecular flexibility index (Phi) is 8.02. The predicted octanol–water partition coefficient (Wildman–Crippen LogP) is 5.46. The molecule has 7 nitrogen and oxygen atoms in total. The third kappa shape index (κ3) is 5.26. The quantitative estimate of drug-likeness (QED) is 0.398. The number of anilines is 1. The highest BCUT2D eigenvalue weighted by Crippen LogP contribution is 2.36. The van der Waals surface area contributed by atoms with Gasteiger partial charge in [0.25, 0.3) is 5.91 Å². The van der Waals surface area contributed by atoms with Gasteiger partial charge in [0.05, 0.1) is 29.9 Å². The molecule has 0 N–H and O–H groups in total. The molecule has 0 unspecified atom stereocenters. The minimum atomic E-state index is -0.572. The van der Waals surface area contributed by atoms with E-state index in [1.807, 2.05) is 0 Å². The first kappa shape index (κ1) is 25.3. The number of nitrogens with zero attached hydrogens (tertiary/aromatic N) is 1. The van der Waals surface area contributed by atoms with Crippen LogP contribution in [0.4, 0.5) is 5.69 Å². The van der Waals surface area contributed by atoms with Crippen LogP contribution < -0.4 is 9.64 Å². The van der Waals surface area contributed by atoms with Gasteiger partial charge in [-0.25, -0.2) is 9.59 Å². The predicted molar refractivity (Wildman–Crippen MR) is 131 cm³/mol. The van der Waals surface area contributed by atoms with Crippen LogP contribution >= 0.6 is 23.2 Å². The molecule has 1 amide bonds. The number of fused-ring (bicyclic) bond motifs is 1. The summed E-state index contributed by atoms with van der Waals surface area (Å²) in [5, 5.41) is 1.77. The number of hydrogen-bond acceptors (Lipinski definition) is 6. The molecule has 9 heteroatoms. The van der Waals surface area contributed by atoms with E-state index < -0.39 is 11.9 Å².